The minimum atomic E-state index is -1.62. The van der Waals surface area contributed by atoms with Crippen molar-refractivity contribution in [2.45, 2.75) is 26.2 Å². The predicted octanol–water partition coefficient (Wildman–Crippen LogP) is 6.13. The molecule has 0 unspecified atom stereocenters. The van der Waals surface area contributed by atoms with Gasteiger partial charge in [0.15, 0.2) is 5.82 Å². The molecule has 0 saturated carbocycles. The van der Waals surface area contributed by atoms with Gasteiger partial charge in [0.25, 0.3) is 0 Å². The zero-order valence-electron chi connectivity index (χ0n) is 18.3. The largest absolute Gasteiger partial charge is 0.532 e. The Bertz CT molecular complexity index is 1170. The summed E-state index contributed by atoms with van der Waals surface area (Å²) < 4.78 is 22.3. The highest BCUT2D eigenvalue weighted by atomic mass is 79.9. The molecule has 1 aromatic heterocycles. The number of nitrogens with zero attached hydrogens (tertiary/aromatic N) is 1. The van der Waals surface area contributed by atoms with Gasteiger partial charge in [-0.2, -0.15) is 0 Å². The van der Waals surface area contributed by atoms with Crippen LogP contribution in [0.4, 0.5) is 4.39 Å². The summed E-state index contributed by atoms with van der Waals surface area (Å²) in [5.41, 5.74) is 1.98. The van der Waals surface area contributed by atoms with E-state index in [0.717, 1.165) is 15.9 Å². The molecule has 2 nitrogen and oxygen atoms in total. The van der Waals surface area contributed by atoms with Crippen LogP contribution >= 0.6 is 15.9 Å². The fourth-order valence-corrected chi connectivity index (χ4v) is 5.71. The summed E-state index contributed by atoms with van der Waals surface area (Å²) in [5, 5.41) is 2.25. The second-order valence-electron chi connectivity index (χ2n) is 8.61. The molecule has 0 N–H and O–H groups in total. The lowest BCUT2D eigenvalue weighted by Gasteiger charge is -2.24. The van der Waals surface area contributed by atoms with E-state index in [-0.39, 0.29) is 16.9 Å². The fraction of sp³-hybridized carbons (Fsp3) is 0.148. The number of rotatable bonds is 5. The zero-order valence-corrected chi connectivity index (χ0v) is 20.9. The quantitative estimate of drug-likeness (QED) is 0.305. The summed E-state index contributed by atoms with van der Waals surface area (Å²) >= 11 is 3.30. The van der Waals surface area contributed by atoms with Crippen molar-refractivity contribution in [3.63, 3.8) is 0 Å². The average Bonchev–Trinajstić information content (AvgIpc) is 2.78. The van der Waals surface area contributed by atoms with Crippen molar-refractivity contribution in [1.29, 1.82) is 0 Å². The topological polar surface area (TPSA) is 22.1 Å². The van der Waals surface area contributed by atoms with E-state index in [4.69, 9.17) is 4.43 Å². The van der Waals surface area contributed by atoms with E-state index in [1.807, 2.05) is 54.6 Å². The van der Waals surface area contributed by atoms with Crippen molar-refractivity contribution in [2.24, 2.45) is 0 Å². The van der Waals surface area contributed by atoms with Crippen molar-refractivity contribution in [2.75, 3.05) is 0 Å². The molecule has 0 saturated heterocycles. The van der Waals surface area contributed by atoms with Gasteiger partial charge in [-0.15, -0.1) is 0 Å². The monoisotopic (exact) mass is 504 g/mol. The number of halogens is 2. The van der Waals surface area contributed by atoms with Crippen LogP contribution in [0.3, 0.4) is 0 Å². The Morgan fingerprint density at radius 3 is 1.97 bits per heavy atom. The van der Waals surface area contributed by atoms with Crippen LogP contribution in [0.5, 0.6) is 5.75 Å². The van der Waals surface area contributed by atoms with Gasteiger partial charge in [0.05, 0.1) is 0 Å². The van der Waals surface area contributed by atoms with Crippen LogP contribution in [0.25, 0.3) is 11.3 Å². The molecule has 0 aliphatic heterocycles. The van der Waals surface area contributed by atoms with Gasteiger partial charge in [0.2, 0.25) is 0 Å². The number of pyridine rings is 1. The van der Waals surface area contributed by atoms with Gasteiger partial charge in [-0.3, -0.25) is 4.98 Å². The van der Waals surface area contributed by atoms with Gasteiger partial charge in [-0.05, 0) is 55.5 Å². The van der Waals surface area contributed by atoms with E-state index in [2.05, 4.69) is 66.0 Å². The Morgan fingerprint density at radius 2 is 1.44 bits per heavy atom. The van der Waals surface area contributed by atoms with E-state index in [1.54, 1.807) is 6.20 Å². The van der Waals surface area contributed by atoms with Crippen molar-refractivity contribution in [3.05, 3.63) is 107 Å². The lowest BCUT2D eigenvalue weighted by molar-refractivity contribution is 0.566. The van der Waals surface area contributed by atoms with Crippen LogP contribution < -0.4 is 14.8 Å². The first-order chi connectivity index (χ1) is 15.3. The summed E-state index contributed by atoms with van der Waals surface area (Å²) in [6.45, 7) is 6.47. The first-order valence-electron chi connectivity index (χ1n) is 10.4. The van der Waals surface area contributed by atoms with Crippen molar-refractivity contribution < 1.29 is 8.82 Å². The molecule has 0 aliphatic rings. The van der Waals surface area contributed by atoms with Gasteiger partial charge in [-0.1, -0.05) is 87.5 Å². The van der Waals surface area contributed by atoms with E-state index in [0.29, 0.717) is 15.8 Å². The molecule has 0 aliphatic carbocycles. The first-order valence-corrected chi connectivity index (χ1v) is 12.6. The summed E-state index contributed by atoms with van der Waals surface area (Å²) in [5.74, 6) is 0.258. The molecule has 0 fully saturated rings. The second kappa shape index (κ2) is 9.39. The molecule has 4 aromatic rings. The zero-order chi connectivity index (χ0) is 22.7. The number of hydrogen-bond acceptors (Lipinski definition) is 2. The summed E-state index contributed by atoms with van der Waals surface area (Å²) in [6.07, 6.45) is 1.61. The van der Waals surface area contributed by atoms with Crippen LogP contribution in [0.15, 0.2) is 95.6 Å². The lowest BCUT2D eigenvalue weighted by atomic mass is 9.86. The maximum atomic E-state index is 14.9. The molecule has 1 radical (unpaired) electrons. The van der Waals surface area contributed by atoms with Gasteiger partial charge in [-0.25, -0.2) is 4.39 Å². The lowest BCUT2D eigenvalue weighted by Crippen LogP contribution is -2.47. The minimum Gasteiger partial charge on any atom is -0.532 e. The number of benzene rings is 3. The van der Waals surface area contributed by atoms with Crippen LogP contribution in [-0.2, 0) is 5.41 Å². The van der Waals surface area contributed by atoms with E-state index >= 15 is 0 Å². The molecular formula is C27H24BrFNOSi. The van der Waals surface area contributed by atoms with Crippen LogP contribution in [-0.4, -0.2) is 14.0 Å². The molecular weight excluding hydrogens is 481 g/mol. The highest BCUT2D eigenvalue weighted by Crippen LogP contribution is 2.35. The second-order valence-corrected chi connectivity index (χ2v) is 11.5. The SMILES string of the molecule is CC(C)(C)c1ccc(-c2ncc(Br)cc2F)c(O[Si](c2ccccc2)c2ccccc2)c1. The molecule has 3 aromatic carbocycles. The van der Waals surface area contributed by atoms with Gasteiger partial charge in [0.1, 0.15) is 11.4 Å². The van der Waals surface area contributed by atoms with Crippen molar-refractivity contribution in [1.82, 2.24) is 4.98 Å². The summed E-state index contributed by atoms with van der Waals surface area (Å²) in [7, 11) is -1.62. The average molecular weight is 505 g/mol. The normalized spacial score (nSPS) is 11.6. The van der Waals surface area contributed by atoms with Crippen molar-refractivity contribution >= 4 is 35.3 Å². The van der Waals surface area contributed by atoms with Gasteiger partial charge < -0.3 is 4.43 Å². The molecule has 4 rings (SSSR count). The highest BCUT2D eigenvalue weighted by molar-refractivity contribution is 9.10. The molecule has 0 atom stereocenters. The molecule has 1 heterocycles. The predicted molar refractivity (Wildman–Crippen MR) is 135 cm³/mol. The maximum absolute atomic E-state index is 14.9. The molecule has 161 valence electrons. The summed E-state index contributed by atoms with van der Waals surface area (Å²) in [6, 6.07) is 27.9. The van der Waals surface area contributed by atoms with Gasteiger partial charge >= 0.3 is 9.04 Å². The Hall–Kier alpha value is -2.76. The molecule has 0 spiro atoms. The third kappa shape index (κ3) is 5.00. The fourth-order valence-electron chi connectivity index (χ4n) is 3.46. The van der Waals surface area contributed by atoms with Crippen molar-refractivity contribution in [3.8, 4) is 17.0 Å². The third-order valence-electron chi connectivity index (χ3n) is 5.19. The van der Waals surface area contributed by atoms with Crippen LogP contribution in [0.1, 0.15) is 26.3 Å². The molecule has 0 bridgehead atoms. The molecule has 0 amide bonds. The standard InChI is InChI=1S/C27H24BrFNOSi/c1-27(2,3)19-14-15-23(26-24(29)17-20(28)18-30-26)25(16-19)31-32(21-10-6-4-7-11-21)22-12-8-5-9-13-22/h4-18H,1-3H3. The van der Waals surface area contributed by atoms with E-state index in [9.17, 15) is 4.39 Å². The minimum absolute atomic E-state index is 0.0747. The molecule has 5 heteroatoms. The smallest absolute Gasteiger partial charge is 0.352 e. The summed E-state index contributed by atoms with van der Waals surface area (Å²) in [4.78, 5) is 4.36. The van der Waals surface area contributed by atoms with E-state index in [1.165, 1.54) is 6.07 Å². The molecule has 32 heavy (non-hydrogen) atoms. The van der Waals surface area contributed by atoms with E-state index < -0.39 is 9.04 Å². The Kier molecular flexibility index (Phi) is 6.58. The Balaban J connectivity index is 1.87. The van der Waals surface area contributed by atoms with Gasteiger partial charge in [0, 0.05) is 16.2 Å². The highest BCUT2D eigenvalue weighted by Gasteiger charge is 2.25. The van der Waals surface area contributed by atoms with Crippen LogP contribution in [0.2, 0.25) is 0 Å². The number of hydrogen-bond donors (Lipinski definition) is 0. The third-order valence-corrected chi connectivity index (χ3v) is 7.77. The Morgan fingerprint density at radius 1 is 0.844 bits per heavy atom. The maximum Gasteiger partial charge on any atom is 0.352 e. The number of aromatic nitrogens is 1. The van der Waals surface area contributed by atoms with Crippen LogP contribution in [0, 0.1) is 5.82 Å². The first kappa shape index (κ1) is 22.4. The Labute approximate surface area is 199 Å².